The average Bonchev–Trinajstić information content (AvgIpc) is 2.60. The van der Waals surface area contributed by atoms with E-state index in [1.165, 1.54) is 30.3 Å². The fourth-order valence-corrected chi connectivity index (χ4v) is 3.48. The van der Waals surface area contributed by atoms with E-state index < -0.39 is 32.4 Å². The second kappa shape index (κ2) is 8.17. The fraction of sp³-hybridized carbons (Fsp3) is 0.222. The summed E-state index contributed by atoms with van der Waals surface area (Å²) in [4.78, 5) is 35.0. The van der Waals surface area contributed by atoms with Crippen LogP contribution in [0.25, 0.3) is 0 Å². The summed E-state index contributed by atoms with van der Waals surface area (Å²) in [5.41, 5.74) is -1.28. The lowest BCUT2D eigenvalue weighted by atomic mass is 10.2. The van der Waals surface area contributed by atoms with Gasteiger partial charge in [0, 0.05) is 17.7 Å². The molecule has 0 aromatic heterocycles. The van der Waals surface area contributed by atoms with Crippen LogP contribution >= 0.6 is 0 Å². The highest BCUT2D eigenvalue weighted by Gasteiger charge is 2.23. The largest absolute Gasteiger partial charge is 0.444 e. The van der Waals surface area contributed by atoms with Gasteiger partial charge in [-0.05, 0) is 39.0 Å². The molecular formula is C18H19N3O6S. The van der Waals surface area contributed by atoms with Gasteiger partial charge in [0.25, 0.3) is 11.6 Å². The maximum absolute atomic E-state index is 13.4. The Kier molecular flexibility index (Phi) is 6.14. The molecule has 2 rings (SSSR count). The summed E-state index contributed by atoms with van der Waals surface area (Å²) in [5.74, 6) is -0.884. The van der Waals surface area contributed by atoms with Crippen molar-refractivity contribution in [1.29, 1.82) is 0 Å². The molecule has 0 aliphatic heterocycles. The number of carbonyl (C=O) groups is 2. The summed E-state index contributed by atoms with van der Waals surface area (Å²) in [6.45, 7) is 4.85. The molecule has 0 saturated heterocycles. The average molecular weight is 405 g/mol. The third kappa shape index (κ3) is 5.61. The fourth-order valence-electron chi connectivity index (χ4n) is 2.07. The van der Waals surface area contributed by atoms with Crippen molar-refractivity contribution in [3.63, 3.8) is 0 Å². The van der Waals surface area contributed by atoms with Crippen molar-refractivity contribution in [3.8, 4) is 0 Å². The van der Waals surface area contributed by atoms with E-state index in [9.17, 15) is 23.9 Å². The number of amides is 2. The number of nitro benzene ring substituents is 1. The van der Waals surface area contributed by atoms with Crippen molar-refractivity contribution >= 4 is 27.6 Å². The first-order chi connectivity index (χ1) is 13.0. The second-order valence-corrected chi connectivity index (χ2v) is 8.56. The normalized spacial score (nSPS) is 13.1. The van der Waals surface area contributed by atoms with E-state index in [4.69, 9.17) is 4.74 Å². The molecule has 0 aliphatic carbocycles. The van der Waals surface area contributed by atoms with E-state index in [2.05, 4.69) is 9.08 Å². The van der Waals surface area contributed by atoms with E-state index in [-0.39, 0.29) is 16.1 Å². The van der Waals surface area contributed by atoms with E-state index in [1.54, 1.807) is 39.0 Å². The standard InChI is InChI=1S/C18H19N3O6S/c1-18(2,3)27-17(23)20-28(26,15-10-5-4-6-11-15)19-16(22)13-8-7-9-14(12-13)21(24)25/h4-12H,1-3H3,(H,19,20,22,23,26). The van der Waals surface area contributed by atoms with Crippen LogP contribution in [0.1, 0.15) is 31.1 Å². The molecular weight excluding hydrogens is 386 g/mol. The van der Waals surface area contributed by atoms with Crippen LogP contribution in [-0.2, 0) is 14.7 Å². The minimum absolute atomic E-state index is 0.0830. The number of non-ortho nitro benzene ring substituents is 1. The van der Waals surface area contributed by atoms with Crippen LogP contribution in [0, 0.1) is 10.1 Å². The molecule has 0 heterocycles. The monoisotopic (exact) mass is 405 g/mol. The molecule has 28 heavy (non-hydrogen) atoms. The first-order valence-corrected chi connectivity index (χ1v) is 9.63. The molecule has 2 aromatic carbocycles. The molecule has 0 radical (unpaired) electrons. The molecule has 1 atom stereocenters. The highest BCUT2D eigenvalue weighted by Crippen LogP contribution is 2.17. The van der Waals surface area contributed by atoms with Crippen LogP contribution < -0.4 is 4.72 Å². The zero-order chi connectivity index (χ0) is 20.9. The smallest absolute Gasteiger partial charge is 0.442 e. The number of benzene rings is 2. The highest BCUT2D eigenvalue weighted by atomic mass is 32.2. The Morgan fingerprint density at radius 2 is 1.75 bits per heavy atom. The summed E-state index contributed by atoms with van der Waals surface area (Å²) in [5, 5.41) is 10.9. The van der Waals surface area contributed by atoms with Crippen LogP contribution in [-0.4, -0.2) is 26.7 Å². The van der Waals surface area contributed by atoms with Crippen molar-refractivity contribution in [2.75, 3.05) is 0 Å². The molecule has 1 unspecified atom stereocenters. The third-order valence-electron chi connectivity index (χ3n) is 3.21. The molecule has 148 valence electrons. The Balaban J connectivity index is 2.45. The van der Waals surface area contributed by atoms with Crippen molar-refractivity contribution in [2.45, 2.75) is 31.3 Å². The second-order valence-electron chi connectivity index (χ2n) is 6.65. The number of hydrogen-bond donors (Lipinski definition) is 1. The lowest BCUT2D eigenvalue weighted by molar-refractivity contribution is -0.384. The first-order valence-electron chi connectivity index (χ1n) is 8.12. The molecule has 0 fully saturated rings. The van der Waals surface area contributed by atoms with Crippen molar-refractivity contribution in [1.82, 2.24) is 4.72 Å². The Labute approximate surface area is 162 Å². The van der Waals surface area contributed by atoms with Crippen LogP contribution in [0.5, 0.6) is 0 Å². The summed E-state index contributed by atoms with van der Waals surface area (Å²) in [6.07, 6.45) is -1.11. The lowest BCUT2D eigenvalue weighted by Gasteiger charge is -2.18. The van der Waals surface area contributed by atoms with Gasteiger partial charge in [0.2, 0.25) is 0 Å². The van der Waals surface area contributed by atoms with Gasteiger partial charge >= 0.3 is 6.09 Å². The molecule has 0 bridgehead atoms. The molecule has 9 nitrogen and oxygen atoms in total. The quantitative estimate of drug-likeness (QED) is 0.610. The first kappa shape index (κ1) is 21.0. The Morgan fingerprint density at radius 3 is 2.32 bits per heavy atom. The third-order valence-corrected chi connectivity index (χ3v) is 4.99. The van der Waals surface area contributed by atoms with E-state index in [0.717, 1.165) is 6.07 Å². The molecule has 0 spiro atoms. The van der Waals surface area contributed by atoms with Crippen LogP contribution in [0.15, 0.2) is 63.9 Å². The zero-order valence-corrected chi connectivity index (χ0v) is 16.3. The summed E-state index contributed by atoms with van der Waals surface area (Å²) in [7, 11) is -3.74. The van der Waals surface area contributed by atoms with Crippen molar-refractivity contribution in [2.24, 2.45) is 4.36 Å². The number of ether oxygens (including phenoxy) is 1. The van der Waals surface area contributed by atoms with E-state index in [0.29, 0.717) is 0 Å². The van der Waals surface area contributed by atoms with Gasteiger partial charge in [-0.25, -0.2) is 9.00 Å². The summed E-state index contributed by atoms with van der Waals surface area (Å²) in [6, 6.07) is 12.6. The lowest BCUT2D eigenvalue weighted by Crippen LogP contribution is -2.32. The van der Waals surface area contributed by atoms with Gasteiger partial charge in [-0.3, -0.25) is 19.6 Å². The van der Waals surface area contributed by atoms with Crippen LogP contribution in [0.4, 0.5) is 10.5 Å². The zero-order valence-electron chi connectivity index (χ0n) is 15.4. The number of nitro groups is 1. The minimum atomic E-state index is -3.74. The molecule has 0 aliphatic rings. The number of nitrogens with one attached hydrogen (secondary N) is 1. The van der Waals surface area contributed by atoms with E-state index in [1.807, 2.05) is 0 Å². The Morgan fingerprint density at radius 1 is 1.11 bits per heavy atom. The predicted octanol–water partition coefficient (Wildman–Crippen LogP) is 3.70. The number of nitrogens with zero attached hydrogens (tertiary/aromatic N) is 2. The van der Waals surface area contributed by atoms with Gasteiger partial charge in [-0.1, -0.05) is 24.3 Å². The van der Waals surface area contributed by atoms with Crippen molar-refractivity contribution in [3.05, 3.63) is 70.3 Å². The van der Waals surface area contributed by atoms with Gasteiger partial charge in [-0.15, -0.1) is 4.36 Å². The molecule has 0 saturated carbocycles. The molecule has 10 heteroatoms. The maximum Gasteiger partial charge on any atom is 0.444 e. The summed E-state index contributed by atoms with van der Waals surface area (Å²) < 4.78 is 24.2. The predicted molar refractivity (Wildman–Crippen MR) is 102 cm³/mol. The summed E-state index contributed by atoms with van der Waals surface area (Å²) >= 11 is 0. The number of rotatable bonds is 4. The van der Waals surface area contributed by atoms with Gasteiger partial charge in [0.1, 0.15) is 5.60 Å². The maximum atomic E-state index is 13.4. The van der Waals surface area contributed by atoms with Gasteiger partial charge < -0.3 is 4.74 Å². The molecule has 2 aromatic rings. The SMILES string of the molecule is CC(C)(C)OC(=O)N=S(=O)(NC(=O)c1cccc([N+](=O)[O-])c1)c1ccccc1. The Hall–Kier alpha value is -3.27. The van der Waals surface area contributed by atoms with Crippen molar-refractivity contribution < 1.29 is 23.5 Å². The van der Waals surface area contributed by atoms with Gasteiger partial charge in [-0.2, -0.15) is 0 Å². The minimum Gasteiger partial charge on any atom is -0.442 e. The Bertz CT molecular complexity index is 1020. The van der Waals surface area contributed by atoms with Crippen LogP contribution in [0.3, 0.4) is 0 Å². The molecule has 2 amide bonds. The number of hydrogen-bond acceptors (Lipinski definition) is 6. The van der Waals surface area contributed by atoms with Gasteiger partial charge in [0.15, 0.2) is 9.92 Å². The number of carbonyl (C=O) groups excluding carboxylic acids is 2. The van der Waals surface area contributed by atoms with E-state index >= 15 is 0 Å². The highest BCUT2D eigenvalue weighted by molar-refractivity contribution is 7.92. The van der Waals surface area contributed by atoms with Crippen LogP contribution in [0.2, 0.25) is 0 Å². The topological polar surface area (TPSA) is 128 Å². The van der Waals surface area contributed by atoms with Gasteiger partial charge in [0.05, 0.1) is 9.82 Å². The molecule has 1 N–H and O–H groups in total.